The van der Waals surface area contributed by atoms with Gasteiger partial charge in [-0.05, 0) is 56.9 Å². The first-order valence-corrected chi connectivity index (χ1v) is 8.63. The quantitative estimate of drug-likeness (QED) is 0.859. The monoisotopic (exact) mass is 288 g/mol. The lowest BCUT2D eigenvalue weighted by Crippen LogP contribution is -2.30. The first kappa shape index (κ1) is 14.8. The predicted molar refractivity (Wildman–Crippen MR) is 85.5 cm³/mol. The average molecular weight is 288 g/mol. The summed E-state index contributed by atoms with van der Waals surface area (Å²) in [5.74, 6) is 1.52. The fraction of sp³-hybridized carbons (Fsp3) is 0.722. The summed E-state index contributed by atoms with van der Waals surface area (Å²) < 4.78 is 6.20. The molecule has 3 nitrogen and oxygen atoms in total. The number of nitrogens with one attached hydrogen (secondary N) is 1. The van der Waals surface area contributed by atoms with E-state index in [4.69, 9.17) is 4.74 Å². The first-order valence-electron chi connectivity index (χ1n) is 8.63. The van der Waals surface area contributed by atoms with Gasteiger partial charge < -0.3 is 10.1 Å². The van der Waals surface area contributed by atoms with Crippen LogP contribution in [0.4, 0.5) is 0 Å². The third kappa shape index (κ3) is 3.97. The van der Waals surface area contributed by atoms with E-state index in [1.165, 1.54) is 50.5 Å². The van der Waals surface area contributed by atoms with Crippen LogP contribution in [0.25, 0.3) is 0 Å². The van der Waals surface area contributed by atoms with Gasteiger partial charge in [0.25, 0.3) is 0 Å². The van der Waals surface area contributed by atoms with Crippen LogP contribution in [-0.2, 0) is 6.54 Å². The van der Waals surface area contributed by atoms with E-state index in [-0.39, 0.29) is 0 Å². The zero-order valence-corrected chi connectivity index (χ0v) is 13.4. The molecule has 0 aliphatic heterocycles. The summed E-state index contributed by atoms with van der Waals surface area (Å²) in [6, 6.07) is 4.97. The summed E-state index contributed by atoms with van der Waals surface area (Å²) in [6.45, 7) is 5.30. The number of aryl methyl sites for hydroxylation is 1. The molecule has 0 spiro atoms. The van der Waals surface area contributed by atoms with Gasteiger partial charge >= 0.3 is 0 Å². The van der Waals surface area contributed by atoms with Gasteiger partial charge in [-0.25, -0.2) is 4.98 Å². The minimum atomic E-state index is 0.367. The smallest absolute Gasteiger partial charge is 0.213 e. The molecule has 0 saturated heterocycles. The Morgan fingerprint density at radius 2 is 2.00 bits per heavy atom. The van der Waals surface area contributed by atoms with Gasteiger partial charge in [0, 0.05) is 24.3 Å². The number of aromatic nitrogens is 1. The second-order valence-electron chi connectivity index (χ2n) is 6.66. The number of nitrogens with zero attached hydrogens (tertiary/aromatic N) is 1. The highest BCUT2D eigenvalue weighted by Crippen LogP contribution is 2.30. The predicted octanol–water partition coefficient (Wildman–Crippen LogP) is 3.99. The maximum atomic E-state index is 6.20. The normalized spacial score (nSPS) is 25.8. The highest BCUT2D eigenvalue weighted by molar-refractivity contribution is 5.25. The summed E-state index contributed by atoms with van der Waals surface area (Å²) in [6.07, 6.45) is 9.38. The maximum absolute atomic E-state index is 6.20. The van der Waals surface area contributed by atoms with Gasteiger partial charge in [-0.3, -0.25) is 0 Å². The van der Waals surface area contributed by atoms with E-state index in [1.807, 2.05) is 0 Å². The Morgan fingerprint density at radius 3 is 2.71 bits per heavy atom. The number of rotatable bonds is 6. The molecular weight excluding hydrogens is 260 g/mol. The van der Waals surface area contributed by atoms with Crippen molar-refractivity contribution < 1.29 is 4.74 Å². The van der Waals surface area contributed by atoms with Crippen molar-refractivity contribution in [2.45, 2.75) is 77.5 Å². The molecule has 21 heavy (non-hydrogen) atoms. The van der Waals surface area contributed by atoms with Crippen molar-refractivity contribution in [2.24, 2.45) is 5.92 Å². The zero-order valence-electron chi connectivity index (χ0n) is 13.4. The van der Waals surface area contributed by atoms with Crippen LogP contribution in [0, 0.1) is 12.8 Å². The van der Waals surface area contributed by atoms with Crippen LogP contribution in [0.15, 0.2) is 12.1 Å². The van der Waals surface area contributed by atoms with Gasteiger partial charge in [0.05, 0.1) is 0 Å². The summed E-state index contributed by atoms with van der Waals surface area (Å²) >= 11 is 0. The summed E-state index contributed by atoms with van der Waals surface area (Å²) in [7, 11) is 0. The molecule has 1 heterocycles. The van der Waals surface area contributed by atoms with Crippen molar-refractivity contribution in [2.75, 3.05) is 0 Å². The van der Waals surface area contributed by atoms with Crippen LogP contribution in [0.1, 0.15) is 63.1 Å². The van der Waals surface area contributed by atoms with Crippen molar-refractivity contribution in [1.82, 2.24) is 10.3 Å². The van der Waals surface area contributed by atoms with Crippen LogP contribution in [0.2, 0.25) is 0 Å². The number of ether oxygens (including phenoxy) is 1. The third-order valence-corrected chi connectivity index (χ3v) is 4.96. The van der Waals surface area contributed by atoms with E-state index in [0.717, 1.165) is 24.2 Å². The summed E-state index contributed by atoms with van der Waals surface area (Å²) in [4.78, 5) is 4.67. The van der Waals surface area contributed by atoms with Crippen LogP contribution in [0.3, 0.4) is 0 Å². The fourth-order valence-electron chi connectivity index (χ4n) is 3.31. The molecule has 3 heteroatoms. The Morgan fingerprint density at radius 1 is 1.19 bits per heavy atom. The first-order chi connectivity index (χ1) is 10.3. The standard InChI is InChI=1S/C18H28N2O/c1-3-14-6-4-5-7-17(14)21-18-11-8-15(13(2)20-18)12-19-16-9-10-16/h8,11,14,16-17,19H,3-7,9-10,12H2,1-2H3. The van der Waals surface area contributed by atoms with E-state index in [1.54, 1.807) is 0 Å². The Hall–Kier alpha value is -1.09. The van der Waals surface area contributed by atoms with E-state index >= 15 is 0 Å². The van der Waals surface area contributed by atoms with Gasteiger partial charge in [-0.1, -0.05) is 19.4 Å². The molecule has 1 aromatic rings. The molecule has 2 unspecified atom stereocenters. The molecule has 0 amide bonds. The van der Waals surface area contributed by atoms with Gasteiger partial charge in [0.15, 0.2) is 0 Å². The SMILES string of the molecule is CCC1CCCCC1Oc1ccc(CNC2CC2)c(C)n1. The molecule has 2 aliphatic carbocycles. The van der Waals surface area contributed by atoms with Gasteiger partial charge in [0.2, 0.25) is 5.88 Å². The molecule has 3 rings (SSSR count). The lowest BCUT2D eigenvalue weighted by Gasteiger charge is -2.30. The van der Waals surface area contributed by atoms with E-state index in [0.29, 0.717) is 12.0 Å². The third-order valence-electron chi connectivity index (χ3n) is 4.96. The number of hydrogen-bond acceptors (Lipinski definition) is 3. The number of hydrogen-bond donors (Lipinski definition) is 1. The molecule has 0 aromatic carbocycles. The van der Waals surface area contributed by atoms with Gasteiger partial charge in [-0.2, -0.15) is 0 Å². The lowest BCUT2D eigenvalue weighted by atomic mass is 9.85. The van der Waals surface area contributed by atoms with Crippen molar-refractivity contribution in [3.05, 3.63) is 23.4 Å². The van der Waals surface area contributed by atoms with Crippen molar-refractivity contribution in [1.29, 1.82) is 0 Å². The largest absolute Gasteiger partial charge is 0.474 e. The van der Waals surface area contributed by atoms with Crippen LogP contribution >= 0.6 is 0 Å². The van der Waals surface area contributed by atoms with Crippen molar-refractivity contribution in [3.8, 4) is 5.88 Å². The second kappa shape index (κ2) is 6.78. The van der Waals surface area contributed by atoms with E-state index in [9.17, 15) is 0 Å². The van der Waals surface area contributed by atoms with Gasteiger partial charge in [0.1, 0.15) is 6.10 Å². The van der Waals surface area contributed by atoms with Crippen molar-refractivity contribution in [3.63, 3.8) is 0 Å². The topological polar surface area (TPSA) is 34.1 Å². The highest BCUT2D eigenvalue weighted by atomic mass is 16.5. The zero-order chi connectivity index (χ0) is 14.7. The molecule has 1 aromatic heterocycles. The molecule has 0 radical (unpaired) electrons. The molecular formula is C18H28N2O. The van der Waals surface area contributed by atoms with E-state index < -0.39 is 0 Å². The summed E-state index contributed by atoms with van der Waals surface area (Å²) in [5, 5.41) is 3.55. The Balaban J connectivity index is 1.60. The summed E-state index contributed by atoms with van der Waals surface area (Å²) in [5.41, 5.74) is 2.40. The molecule has 2 saturated carbocycles. The molecule has 116 valence electrons. The minimum absolute atomic E-state index is 0.367. The second-order valence-corrected chi connectivity index (χ2v) is 6.66. The molecule has 2 atom stereocenters. The van der Waals surface area contributed by atoms with E-state index in [2.05, 4.69) is 36.3 Å². The van der Waals surface area contributed by atoms with Crippen LogP contribution in [0.5, 0.6) is 5.88 Å². The Kier molecular flexibility index (Phi) is 4.79. The molecule has 1 N–H and O–H groups in total. The fourth-order valence-corrected chi connectivity index (χ4v) is 3.31. The molecule has 2 aliphatic rings. The van der Waals surface area contributed by atoms with Crippen molar-refractivity contribution >= 4 is 0 Å². The number of pyridine rings is 1. The Bertz CT molecular complexity index is 470. The van der Waals surface area contributed by atoms with Gasteiger partial charge in [-0.15, -0.1) is 0 Å². The molecule has 0 bridgehead atoms. The lowest BCUT2D eigenvalue weighted by molar-refractivity contribution is 0.0857. The molecule has 2 fully saturated rings. The van der Waals surface area contributed by atoms with Crippen LogP contribution in [-0.4, -0.2) is 17.1 Å². The average Bonchev–Trinajstić information content (AvgIpc) is 3.31. The Labute approximate surface area is 128 Å². The maximum Gasteiger partial charge on any atom is 0.213 e. The minimum Gasteiger partial charge on any atom is -0.474 e. The van der Waals surface area contributed by atoms with Crippen LogP contribution < -0.4 is 10.1 Å². The highest BCUT2D eigenvalue weighted by Gasteiger charge is 2.25.